The minimum atomic E-state index is 0.119. The largest absolute Gasteiger partial charge is 0.331 e. The van der Waals surface area contributed by atoms with Crippen molar-refractivity contribution in [3.63, 3.8) is 0 Å². The van der Waals surface area contributed by atoms with Gasteiger partial charge in [-0.3, -0.25) is 4.79 Å². The second-order valence-corrected chi connectivity index (χ2v) is 4.11. The molecule has 0 saturated carbocycles. The Morgan fingerprint density at radius 1 is 1.67 bits per heavy atom. The van der Waals surface area contributed by atoms with Crippen LogP contribution >= 0.6 is 11.3 Å². The molecule has 0 fully saturated rings. The Morgan fingerprint density at radius 3 is 3.00 bits per heavy atom. The van der Waals surface area contributed by atoms with Crippen LogP contribution in [0.3, 0.4) is 0 Å². The van der Waals surface area contributed by atoms with Gasteiger partial charge in [-0.2, -0.15) is 11.3 Å². The van der Waals surface area contributed by atoms with Crippen molar-refractivity contribution in [2.45, 2.75) is 19.8 Å². The number of rotatable bonds is 5. The molecule has 1 rings (SSSR count). The minimum absolute atomic E-state index is 0.119. The van der Waals surface area contributed by atoms with Crippen molar-refractivity contribution < 1.29 is 4.79 Å². The quantitative estimate of drug-likeness (QED) is 0.698. The smallest absolute Gasteiger partial charge is 0.227 e. The van der Waals surface area contributed by atoms with Gasteiger partial charge in [-0.05, 0) is 28.8 Å². The topological polar surface area (TPSA) is 20.3 Å². The summed E-state index contributed by atoms with van der Waals surface area (Å²) in [4.78, 5) is 13.6. The van der Waals surface area contributed by atoms with Crippen molar-refractivity contribution in [1.29, 1.82) is 0 Å². The van der Waals surface area contributed by atoms with Gasteiger partial charge >= 0.3 is 0 Å². The van der Waals surface area contributed by atoms with Crippen molar-refractivity contribution in [2.75, 3.05) is 13.1 Å². The Bertz CT molecular complexity index is 337. The molecule has 2 nitrogen and oxygen atoms in total. The maximum Gasteiger partial charge on any atom is 0.227 e. The molecule has 0 aliphatic carbocycles. The highest BCUT2D eigenvalue weighted by molar-refractivity contribution is 7.07. The lowest BCUT2D eigenvalue weighted by atomic mass is 10.2. The predicted octanol–water partition coefficient (Wildman–Crippen LogP) is 2.16. The summed E-state index contributed by atoms with van der Waals surface area (Å²) in [6.07, 6.45) is 6.63. The van der Waals surface area contributed by atoms with E-state index >= 15 is 0 Å². The van der Waals surface area contributed by atoms with Crippen molar-refractivity contribution in [2.24, 2.45) is 0 Å². The van der Waals surface area contributed by atoms with Gasteiger partial charge in [0.2, 0.25) is 5.91 Å². The Morgan fingerprint density at radius 2 is 2.47 bits per heavy atom. The van der Waals surface area contributed by atoms with E-state index in [2.05, 4.69) is 5.92 Å². The molecule has 0 N–H and O–H groups in total. The highest BCUT2D eigenvalue weighted by Crippen LogP contribution is 2.08. The molecule has 1 heterocycles. The zero-order chi connectivity index (χ0) is 11.1. The molecule has 0 spiro atoms. The lowest BCUT2D eigenvalue weighted by Gasteiger charge is -2.18. The summed E-state index contributed by atoms with van der Waals surface area (Å²) in [5, 5.41) is 3.98. The summed E-state index contributed by atoms with van der Waals surface area (Å²) in [6, 6.07) is 1.97. The number of hydrogen-bond donors (Lipinski definition) is 0. The van der Waals surface area contributed by atoms with Crippen molar-refractivity contribution >= 4 is 17.2 Å². The van der Waals surface area contributed by atoms with Crippen molar-refractivity contribution in [3.8, 4) is 12.3 Å². The normalized spacial score (nSPS) is 9.60. The SMILES string of the molecule is C#CCN(CCC)C(=O)Cc1ccsc1. The Kier molecular flexibility index (Phi) is 4.92. The summed E-state index contributed by atoms with van der Waals surface area (Å²) < 4.78 is 0. The summed E-state index contributed by atoms with van der Waals surface area (Å²) >= 11 is 1.61. The summed E-state index contributed by atoms with van der Waals surface area (Å²) in [7, 11) is 0. The Balaban J connectivity index is 2.53. The molecule has 0 atom stereocenters. The van der Waals surface area contributed by atoms with Crippen LogP contribution in [0.25, 0.3) is 0 Å². The van der Waals surface area contributed by atoms with Crippen LogP contribution in [0.4, 0.5) is 0 Å². The van der Waals surface area contributed by atoms with Gasteiger partial charge in [0.05, 0.1) is 13.0 Å². The Labute approximate surface area is 94.9 Å². The standard InChI is InChI=1S/C12H15NOS/c1-3-6-13(7-4-2)12(14)9-11-5-8-15-10-11/h1,5,8,10H,4,6-7,9H2,2H3. The zero-order valence-corrected chi connectivity index (χ0v) is 9.72. The molecule has 0 aliphatic heterocycles. The predicted molar refractivity (Wildman–Crippen MR) is 63.7 cm³/mol. The van der Waals surface area contributed by atoms with Crippen molar-refractivity contribution in [1.82, 2.24) is 4.90 Å². The molecule has 1 aromatic heterocycles. The van der Waals surface area contributed by atoms with E-state index in [-0.39, 0.29) is 5.91 Å². The number of amides is 1. The number of nitrogens with zero attached hydrogens (tertiary/aromatic N) is 1. The molecule has 15 heavy (non-hydrogen) atoms. The second kappa shape index (κ2) is 6.26. The number of terminal acetylenes is 1. The molecular weight excluding hydrogens is 206 g/mol. The van der Waals surface area contributed by atoms with E-state index in [9.17, 15) is 4.79 Å². The molecule has 0 aromatic carbocycles. The van der Waals surface area contributed by atoms with Crippen LogP contribution in [0.5, 0.6) is 0 Å². The van der Waals surface area contributed by atoms with Gasteiger partial charge < -0.3 is 4.90 Å². The van der Waals surface area contributed by atoms with Crippen LogP contribution in [0.2, 0.25) is 0 Å². The van der Waals surface area contributed by atoms with Crippen LogP contribution in [0, 0.1) is 12.3 Å². The third-order valence-electron chi connectivity index (χ3n) is 2.06. The first kappa shape index (κ1) is 11.8. The lowest BCUT2D eigenvalue weighted by Crippen LogP contribution is -2.33. The minimum Gasteiger partial charge on any atom is -0.331 e. The van der Waals surface area contributed by atoms with E-state index in [1.807, 2.05) is 23.8 Å². The first-order valence-electron chi connectivity index (χ1n) is 5.00. The summed E-state index contributed by atoms with van der Waals surface area (Å²) in [5.74, 6) is 2.64. The fraction of sp³-hybridized carbons (Fsp3) is 0.417. The van der Waals surface area contributed by atoms with Crippen molar-refractivity contribution in [3.05, 3.63) is 22.4 Å². The van der Waals surface area contributed by atoms with Crippen LogP contribution in [-0.2, 0) is 11.2 Å². The van der Waals surface area contributed by atoms with Gasteiger partial charge in [-0.25, -0.2) is 0 Å². The molecule has 1 amide bonds. The summed E-state index contributed by atoms with van der Waals surface area (Å²) in [5.41, 5.74) is 1.07. The highest BCUT2D eigenvalue weighted by atomic mass is 32.1. The zero-order valence-electron chi connectivity index (χ0n) is 8.90. The van der Waals surface area contributed by atoms with Crippen LogP contribution in [-0.4, -0.2) is 23.9 Å². The fourth-order valence-corrected chi connectivity index (χ4v) is 2.02. The fourth-order valence-electron chi connectivity index (χ4n) is 1.35. The van der Waals surface area contributed by atoms with E-state index in [0.29, 0.717) is 13.0 Å². The van der Waals surface area contributed by atoms with E-state index in [1.165, 1.54) is 0 Å². The number of hydrogen-bond acceptors (Lipinski definition) is 2. The van der Waals surface area contributed by atoms with Crippen LogP contribution in [0.1, 0.15) is 18.9 Å². The molecule has 1 aromatic rings. The first-order chi connectivity index (χ1) is 7.27. The molecule has 0 saturated heterocycles. The van der Waals surface area contributed by atoms with E-state index < -0.39 is 0 Å². The van der Waals surface area contributed by atoms with Crippen LogP contribution in [0.15, 0.2) is 16.8 Å². The molecule has 0 aliphatic rings. The number of carbonyl (C=O) groups excluding carboxylic acids is 1. The molecule has 3 heteroatoms. The van der Waals surface area contributed by atoms with Gasteiger partial charge in [0, 0.05) is 6.54 Å². The molecule has 0 unspecified atom stereocenters. The van der Waals surface area contributed by atoms with Crippen LogP contribution < -0.4 is 0 Å². The number of carbonyl (C=O) groups is 1. The molecule has 0 bridgehead atoms. The monoisotopic (exact) mass is 221 g/mol. The lowest BCUT2D eigenvalue weighted by molar-refractivity contribution is -0.129. The first-order valence-corrected chi connectivity index (χ1v) is 5.94. The summed E-state index contributed by atoms with van der Waals surface area (Å²) in [6.45, 7) is 3.20. The third-order valence-corrected chi connectivity index (χ3v) is 2.80. The van der Waals surface area contributed by atoms with Gasteiger partial charge in [-0.1, -0.05) is 12.8 Å². The van der Waals surface area contributed by atoms with Gasteiger partial charge in [0.25, 0.3) is 0 Å². The molecule has 0 radical (unpaired) electrons. The average Bonchev–Trinajstić information content (AvgIpc) is 2.70. The maximum absolute atomic E-state index is 11.8. The second-order valence-electron chi connectivity index (χ2n) is 3.33. The van der Waals surface area contributed by atoms with Gasteiger partial charge in [0.1, 0.15) is 0 Å². The Hall–Kier alpha value is -1.27. The third kappa shape index (κ3) is 3.77. The molecular formula is C12H15NOS. The van der Waals surface area contributed by atoms with E-state index in [4.69, 9.17) is 6.42 Å². The van der Waals surface area contributed by atoms with Gasteiger partial charge in [0.15, 0.2) is 0 Å². The maximum atomic E-state index is 11.8. The molecule has 80 valence electrons. The average molecular weight is 221 g/mol. The van der Waals surface area contributed by atoms with E-state index in [1.54, 1.807) is 16.2 Å². The number of thiophene rings is 1. The highest BCUT2D eigenvalue weighted by Gasteiger charge is 2.11. The van der Waals surface area contributed by atoms with E-state index in [0.717, 1.165) is 18.5 Å². The van der Waals surface area contributed by atoms with Gasteiger partial charge in [-0.15, -0.1) is 6.42 Å².